The fraction of sp³-hybridized carbons (Fsp3) is 1.00. The van der Waals surface area contributed by atoms with Crippen LogP contribution in [0.3, 0.4) is 0 Å². The Bertz CT molecular complexity index is 83.4. The smallest absolute Gasteiger partial charge is 0.349 e. The first-order valence-corrected chi connectivity index (χ1v) is 3.80. The molecule has 0 saturated carbocycles. The molecule has 8 heavy (non-hydrogen) atoms. The van der Waals surface area contributed by atoms with Gasteiger partial charge in [0, 0.05) is 6.42 Å². The third kappa shape index (κ3) is 3.08. The van der Waals surface area contributed by atoms with E-state index in [9.17, 15) is 4.57 Å². The van der Waals surface area contributed by atoms with Gasteiger partial charge >= 0.3 is 8.03 Å². The van der Waals surface area contributed by atoms with E-state index in [0.29, 0.717) is 6.42 Å². The SMILES string of the molecule is CCCC(O)[P+](=O)O. The highest BCUT2D eigenvalue weighted by Gasteiger charge is 2.23. The molecule has 0 bridgehead atoms. The molecule has 0 aromatic heterocycles. The first-order chi connectivity index (χ1) is 3.68. The molecule has 3 nitrogen and oxygen atoms in total. The van der Waals surface area contributed by atoms with Crippen LogP contribution in [0.4, 0.5) is 0 Å². The third-order valence-corrected chi connectivity index (χ3v) is 1.57. The molecule has 0 aliphatic rings. The lowest BCUT2D eigenvalue weighted by Crippen LogP contribution is -1.97. The standard InChI is InChI=1S/C4H9O3P/c1-2-3-4(5)8(6)7/h4-5H,2-3H2,1H3/p+1. The summed E-state index contributed by atoms with van der Waals surface area (Å²) in [5.74, 6) is -1.02. The minimum absolute atomic E-state index is 0.408. The van der Waals surface area contributed by atoms with Gasteiger partial charge in [-0.1, -0.05) is 6.92 Å². The fourth-order valence-electron chi connectivity index (χ4n) is 0.369. The van der Waals surface area contributed by atoms with Crippen molar-refractivity contribution in [3.63, 3.8) is 0 Å². The average Bonchev–Trinajstić information content (AvgIpc) is 1.67. The zero-order valence-corrected chi connectivity index (χ0v) is 5.64. The van der Waals surface area contributed by atoms with Crippen molar-refractivity contribution in [3.05, 3.63) is 0 Å². The van der Waals surface area contributed by atoms with Gasteiger partial charge in [-0.2, -0.15) is 4.89 Å². The second kappa shape index (κ2) is 3.96. The molecule has 48 valence electrons. The Kier molecular flexibility index (Phi) is 3.97. The highest BCUT2D eigenvalue weighted by atomic mass is 31.1. The molecule has 0 aromatic rings. The van der Waals surface area contributed by atoms with Crippen molar-refractivity contribution in [2.24, 2.45) is 0 Å². The van der Waals surface area contributed by atoms with E-state index in [1.807, 2.05) is 6.92 Å². The molecule has 4 heteroatoms. The minimum Gasteiger partial charge on any atom is -0.349 e. The van der Waals surface area contributed by atoms with E-state index in [4.69, 9.17) is 10.00 Å². The molecular formula is C4H10O3P+. The van der Waals surface area contributed by atoms with Crippen LogP contribution in [-0.2, 0) is 4.57 Å². The van der Waals surface area contributed by atoms with Crippen molar-refractivity contribution in [1.29, 1.82) is 0 Å². The Morgan fingerprint density at radius 2 is 2.25 bits per heavy atom. The number of rotatable bonds is 3. The van der Waals surface area contributed by atoms with Crippen molar-refractivity contribution in [2.45, 2.75) is 25.6 Å². The second-order valence-electron chi connectivity index (χ2n) is 1.57. The molecule has 0 rings (SSSR count). The maximum atomic E-state index is 9.99. The van der Waals surface area contributed by atoms with Gasteiger partial charge in [-0.05, 0) is 11.0 Å². The molecule has 0 amide bonds. The van der Waals surface area contributed by atoms with Crippen LogP contribution in [0.5, 0.6) is 0 Å². The van der Waals surface area contributed by atoms with E-state index in [1.54, 1.807) is 0 Å². The number of hydrogen-bond donors (Lipinski definition) is 2. The molecule has 0 heterocycles. The monoisotopic (exact) mass is 137 g/mol. The molecule has 0 radical (unpaired) electrons. The summed E-state index contributed by atoms with van der Waals surface area (Å²) < 4.78 is 9.99. The van der Waals surface area contributed by atoms with Crippen molar-refractivity contribution >= 4 is 8.03 Å². The molecule has 0 fully saturated rings. The Labute approximate surface area is 49.2 Å². The van der Waals surface area contributed by atoms with E-state index in [1.165, 1.54) is 0 Å². The summed E-state index contributed by atoms with van der Waals surface area (Å²) >= 11 is 0. The predicted octanol–water partition coefficient (Wildman–Crippen LogP) is 0.840. The number of hydrogen-bond acceptors (Lipinski definition) is 2. The largest absolute Gasteiger partial charge is 0.537 e. The van der Waals surface area contributed by atoms with Gasteiger partial charge in [0.05, 0.1) is 0 Å². The molecule has 2 unspecified atom stereocenters. The van der Waals surface area contributed by atoms with Crippen LogP contribution >= 0.6 is 8.03 Å². The van der Waals surface area contributed by atoms with Gasteiger partial charge in [-0.15, -0.1) is 0 Å². The second-order valence-corrected chi connectivity index (χ2v) is 2.77. The number of aliphatic hydroxyl groups is 1. The average molecular weight is 137 g/mol. The molecule has 0 saturated heterocycles. The van der Waals surface area contributed by atoms with E-state index in [-0.39, 0.29) is 0 Å². The van der Waals surface area contributed by atoms with E-state index in [2.05, 4.69) is 0 Å². The normalized spacial score (nSPS) is 15.6. The summed E-state index contributed by atoms with van der Waals surface area (Å²) in [6.45, 7) is 1.85. The summed E-state index contributed by atoms with van der Waals surface area (Å²) in [5, 5.41) is 8.59. The van der Waals surface area contributed by atoms with Crippen LogP contribution in [0, 0.1) is 0 Å². The van der Waals surface area contributed by atoms with Crippen LogP contribution in [-0.4, -0.2) is 15.8 Å². The fourth-order valence-corrected chi connectivity index (χ4v) is 0.848. The summed E-state index contributed by atoms with van der Waals surface area (Å²) in [5.41, 5.74) is 0. The molecule has 2 atom stereocenters. The van der Waals surface area contributed by atoms with Gasteiger partial charge in [0.2, 0.25) is 0 Å². The summed E-state index contributed by atoms with van der Waals surface area (Å²) in [7, 11) is -2.36. The predicted molar refractivity (Wildman–Crippen MR) is 30.7 cm³/mol. The third-order valence-electron chi connectivity index (χ3n) is 0.802. The van der Waals surface area contributed by atoms with E-state index in [0.717, 1.165) is 6.42 Å². The topological polar surface area (TPSA) is 57.5 Å². The first-order valence-electron chi connectivity index (χ1n) is 2.51. The Morgan fingerprint density at radius 3 is 2.38 bits per heavy atom. The zero-order chi connectivity index (χ0) is 6.57. The maximum absolute atomic E-state index is 9.99. The van der Waals surface area contributed by atoms with Crippen molar-refractivity contribution in [1.82, 2.24) is 0 Å². The van der Waals surface area contributed by atoms with Crippen LogP contribution in [0.15, 0.2) is 0 Å². The van der Waals surface area contributed by atoms with E-state index >= 15 is 0 Å². The molecular weight excluding hydrogens is 127 g/mol. The van der Waals surface area contributed by atoms with Crippen molar-refractivity contribution < 1.29 is 14.6 Å². The van der Waals surface area contributed by atoms with Gasteiger partial charge in [0.15, 0.2) is 0 Å². The van der Waals surface area contributed by atoms with Crippen LogP contribution < -0.4 is 0 Å². The van der Waals surface area contributed by atoms with Crippen molar-refractivity contribution in [2.75, 3.05) is 0 Å². The molecule has 2 N–H and O–H groups in total. The number of aliphatic hydroxyl groups excluding tert-OH is 1. The zero-order valence-electron chi connectivity index (χ0n) is 4.74. The highest BCUT2D eigenvalue weighted by molar-refractivity contribution is 7.38. The van der Waals surface area contributed by atoms with Crippen LogP contribution in [0.1, 0.15) is 19.8 Å². The minimum atomic E-state index is -2.36. The van der Waals surface area contributed by atoms with E-state index < -0.39 is 13.9 Å². The van der Waals surface area contributed by atoms with Gasteiger partial charge in [-0.3, -0.25) is 0 Å². The Balaban J connectivity index is 3.32. The van der Waals surface area contributed by atoms with Crippen LogP contribution in [0.2, 0.25) is 0 Å². The lowest BCUT2D eigenvalue weighted by atomic mass is 10.4. The summed E-state index contributed by atoms with van der Waals surface area (Å²) in [6.07, 6.45) is 1.15. The van der Waals surface area contributed by atoms with Crippen molar-refractivity contribution in [3.8, 4) is 0 Å². The lowest BCUT2D eigenvalue weighted by Gasteiger charge is -1.88. The molecule has 0 aliphatic carbocycles. The van der Waals surface area contributed by atoms with Gasteiger partial charge in [-0.25, -0.2) is 0 Å². The maximum Gasteiger partial charge on any atom is 0.537 e. The van der Waals surface area contributed by atoms with Gasteiger partial charge in [0.25, 0.3) is 5.85 Å². The highest BCUT2D eigenvalue weighted by Crippen LogP contribution is 2.22. The summed E-state index contributed by atoms with van der Waals surface area (Å²) in [6, 6.07) is 0. The Hall–Kier alpha value is 0.0200. The van der Waals surface area contributed by atoms with Crippen LogP contribution in [0.25, 0.3) is 0 Å². The molecule has 0 aromatic carbocycles. The molecule has 0 spiro atoms. The molecule has 0 aliphatic heterocycles. The summed E-state index contributed by atoms with van der Waals surface area (Å²) in [4.78, 5) is 8.21. The Morgan fingerprint density at radius 1 is 1.75 bits per heavy atom. The quantitative estimate of drug-likeness (QED) is 0.566. The first kappa shape index (κ1) is 8.02. The van der Waals surface area contributed by atoms with Gasteiger partial charge in [0.1, 0.15) is 0 Å². The van der Waals surface area contributed by atoms with Gasteiger partial charge < -0.3 is 5.11 Å². The lowest BCUT2D eigenvalue weighted by molar-refractivity contribution is 0.227.